The van der Waals surface area contributed by atoms with E-state index >= 15 is 4.39 Å². The number of hydrogen-bond acceptors (Lipinski definition) is 3. The fraction of sp³-hybridized carbons (Fsp3) is 0.212. The van der Waals surface area contributed by atoms with Crippen molar-refractivity contribution in [1.82, 2.24) is 0 Å². The van der Waals surface area contributed by atoms with E-state index in [0.29, 0.717) is 68.5 Å². The van der Waals surface area contributed by atoms with Crippen molar-refractivity contribution in [2.75, 3.05) is 0 Å². The van der Waals surface area contributed by atoms with E-state index in [1.54, 1.807) is 84.9 Å². The fourth-order valence-electron chi connectivity index (χ4n) is 7.36. The first-order valence-electron chi connectivity index (χ1n) is 20.0. The molecule has 6 aromatic rings. The SMILES string of the molecule is C=C(Cc1ccc(-c2ccc(C#N)cc2)c(F)c1)c1ccc(CCCCCCCCCc2ccc(C(=O)Cc3ccc(-c4ccc(C#N)cc4)c(F)c3)c(F)c2)cc1F. The monoisotopic (exact) mass is 788 g/mol. The molecule has 0 radical (unpaired) electrons. The van der Waals surface area contributed by atoms with Crippen LogP contribution >= 0.6 is 0 Å². The average Bonchev–Trinajstić information content (AvgIpc) is 3.23. The summed E-state index contributed by atoms with van der Waals surface area (Å²) in [5.74, 6) is -2.19. The summed E-state index contributed by atoms with van der Waals surface area (Å²) in [7, 11) is 0. The number of nitrogens with zero attached hydrogens (tertiary/aromatic N) is 2. The predicted molar refractivity (Wildman–Crippen MR) is 226 cm³/mol. The standard InChI is InChI=1S/C52H44F4N2O/c1-35(27-40-17-24-45(49(54)30-40)42-19-11-38(33-57)12-20-42)44-23-15-36(28-48(44)53)9-7-5-3-2-4-6-8-10-37-16-26-47(51(56)29-37)52(59)32-41-18-25-46(50(55)31-41)43-21-13-39(34-58)14-22-43/h11-26,28-31H,1-10,27,32H2. The Balaban J connectivity index is 0.865. The van der Waals surface area contributed by atoms with Crippen LogP contribution in [0, 0.1) is 45.9 Å². The van der Waals surface area contributed by atoms with Gasteiger partial charge in [-0.3, -0.25) is 4.79 Å². The van der Waals surface area contributed by atoms with Gasteiger partial charge in [0, 0.05) is 23.1 Å². The van der Waals surface area contributed by atoms with Crippen molar-refractivity contribution in [2.24, 2.45) is 0 Å². The molecule has 0 amide bonds. The quantitative estimate of drug-likeness (QED) is 0.0495. The highest BCUT2D eigenvalue weighted by Gasteiger charge is 2.16. The summed E-state index contributed by atoms with van der Waals surface area (Å²) in [6, 6.07) is 36.9. The molecule has 6 aromatic carbocycles. The fourth-order valence-corrected chi connectivity index (χ4v) is 7.36. The molecule has 0 fully saturated rings. The van der Waals surface area contributed by atoms with Crippen LogP contribution in [0.3, 0.4) is 0 Å². The van der Waals surface area contributed by atoms with E-state index in [4.69, 9.17) is 10.5 Å². The van der Waals surface area contributed by atoms with E-state index in [2.05, 4.69) is 12.6 Å². The van der Waals surface area contributed by atoms with Crippen LogP contribution in [0.4, 0.5) is 17.6 Å². The maximum Gasteiger partial charge on any atom is 0.170 e. The van der Waals surface area contributed by atoms with Gasteiger partial charge in [0.15, 0.2) is 5.78 Å². The highest BCUT2D eigenvalue weighted by atomic mass is 19.1. The number of carbonyl (C=O) groups excluding carboxylic acids is 1. The van der Waals surface area contributed by atoms with Gasteiger partial charge in [0.25, 0.3) is 0 Å². The molecule has 0 N–H and O–H groups in total. The van der Waals surface area contributed by atoms with E-state index in [1.165, 1.54) is 24.3 Å². The van der Waals surface area contributed by atoms with Crippen LogP contribution in [0.25, 0.3) is 27.8 Å². The molecule has 0 saturated heterocycles. The van der Waals surface area contributed by atoms with Crippen molar-refractivity contribution in [3.05, 3.63) is 196 Å². The number of nitriles is 2. The van der Waals surface area contributed by atoms with Gasteiger partial charge in [0.1, 0.15) is 23.3 Å². The Kier molecular flexibility index (Phi) is 14.4. The van der Waals surface area contributed by atoms with Gasteiger partial charge in [-0.05, 0) is 126 Å². The van der Waals surface area contributed by atoms with E-state index in [-0.39, 0.29) is 23.6 Å². The Morgan fingerprint density at radius 2 is 0.847 bits per heavy atom. The summed E-state index contributed by atoms with van der Waals surface area (Å²) < 4.78 is 60.0. The minimum Gasteiger partial charge on any atom is -0.294 e. The first-order valence-corrected chi connectivity index (χ1v) is 20.0. The third kappa shape index (κ3) is 11.3. The van der Waals surface area contributed by atoms with Gasteiger partial charge in [-0.2, -0.15) is 10.5 Å². The number of carbonyl (C=O) groups is 1. The van der Waals surface area contributed by atoms with Crippen molar-refractivity contribution in [1.29, 1.82) is 10.5 Å². The van der Waals surface area contributed by atoms with Gasteiger partial charge in [-0.15, -0.1) is 0 Å². The molecule has 0 aliphatic carbocycles. The van der Waals surface area contributed by atoms with Gasteiger partial charge in [0.2, 0.25) is 0 Å². The lowest BCUT2D eigenvalue weighted by Crippen LogP contribution is -2.07. The molecule has 0 aromatic heterocycles. The molecule has 296 valence electrons. The number of hydrogen-bond donors (Lipinski definition) is 0. The van der Waals surface area contributed by atoms with Crippen LogP contribution in [0.2, 0.25) is 0 Å². The molecular formula is C52H44F4N2O. The van der Waals surface area contributed by atoms with E-state index in [1.807, 2.05) is 18.2 Å². The number of aryl methyl sites for hydroxylation is 2. The Labute approximate surface area is 343 Å². The zero-order valence-corrected chi connectivity index (χ0v) is 32.8. The van der Waals surface area contributed by atoms with Crippen molar-refractivity contribution in [2.45, 2.75) is 70.6 Å². The Morgan fingerprint density at radius 3 is 1.27 bits per heavy atom. The Morgan fingerprint density at radius 1 is 0.458 bits per heavy atom. The lowest BCUT2D eigenvalue weighted by molar-refractivity contribution is 0.0989. The maximum atomic E-state index is 15.1. The number of halogens is 4. The minimum absolute atomic E-state index is 0.00733. The molecule has 0 aliphatic rings. The number of Topliss-reactive ketones (excluding diaryl/α,β-unsaturated/α-hetero) is 1. The van der Waals surface area contributed by atoms with Gasteiger partial charge in [-0.1, -0.05) is 105 Å². The van der Waals surface area contributed by atoms with Crippen molar-refractivity contribution in [3.63, 3.8) is 0 Å². The average molecular weight is 789 g/mol. The zero-order valence-electron chi connectivity index (χ0n) is 32.8. The van der Waals surface area contributed by atoms with Crippen molar-refractivity contribution in [3.8, 4) is 34.4 Å². The molecule has 3 nitrogen and oxygen atoms in total. The molecule has 0 atom stereocenters. The lowest BCUT2D eigenvalue weighted by atomic mass is 9.95. The third-order valence-electron chi connectivity index (χ3n) is 10.7. The Hall–Kier alpha value is -6.57. The number of ketones is 1. The molecule has 59 heavy (non-hydrogen) atoms. The van der Waals surface area contributed by atoms with E-state index < -0.39 is 17.4 Å². The van der Waals surface area contributed by atoms with Gasteiger partial charge < -0.3 is 0 Å². The second kappa shape index (κ2) is 20.2. The number of benzene rings is 6. The molecule has 0 unspecified atom stereocenters. The molecule has 7 heteroatoms. The highest BCUT2D eigenvalue weighted by Crippen LogP contribution is 2.29. The summed E-state index contributed by atoms with van der Waals surface area (Å²) in [5.41, 5.74) is 7.00. The maximum absolute atomic E-state index is 15.1. The summed E-state index contributed by atoms with van der Waals surface area (Å²) in [6.07, 6.45) is 8.81. The van der Waals surface area contributed by atoms with Crippen LogP contribution in [0.5, 0.6) is 0 Å². The Bertz CT molecular complexity index is 2350. The molecule has 0 bridgehead atoms. The minimum atomic E-state index is -0.568. The molecular weight excluding hydrogens is 745 g/mol. The highest BCUT2D eigenvalue weighted by molar-refractivity contribution is 5.97. The zero-order chi connectivity index (χ0) is 41.7. The third-order valence-corrected chi connectivity index (χ3v) is 10.7. The molecule has 6 rings (SSSR count). The topological polar surface area (TPSA) is 64.7 Å². The van der Waals surface area contributed by atoms with Gasteiger partial charge >= 0.3 is 0 Å². The van der Waals surface area contributed by atoms with Crippen LogP contribution < -0.4 is 0 Å². The van der Waals surface area contributed by atoms with E-state index in [0.717, 1.165) is 62.5 Å². The van der Waals surface area contributed by atoms with Gasteiger partial charge in [-0.25, -0.2) is 17.6 Å². The first-order chi connectivity index (χ1) is 28.6. The molecule has 0 spiro atoms. The summed E-state index contributed by atoms with van der Waals surface area (Å²) in [5, 5.41) is 18.0. The van der Waals surface area contributed by atoms with E-state index in [9.17, 15) is 18.0 Å². The number of allylic oxidation sites excluding steroid dienone is 1. The predicted octanol–water partition coefficient (Wildman–Crippen LogP) is 13.5. The molecule has 0 heterocycles. The van der Waals surface area contributed by atoms with Crippen LogP contribution in [0.15, 0.2) is 128 Å². The van der Waals surface area contributed by atoms with Crippen LogP contribution in [0.1, 0.15) is 94.2 Å². The molecule has 0 aliphatic heterocycles. The number of rotatable bonds is 18. The first kappa shape index (κ1) is 42.0. The molecule has 0 saturated carbocycles. The second-order valence-corrected chi connectivity index (χ2v) is 15.0. The smallest absolute Gasteiger partial charge is 0.170 e. The normalized spacial score (nSPS) is 10.9. The van der Waals surface area contributed by atoms with Crippen molar-refractivity contribution < 1.29 is 22.4 Å². The largest absolute Gasteiger partial charge is 0.294 e. The summed E-state index contributed by atoms with van der Waals surface area (Å²) >= 11 is 0. The van der Waals surface area contributed by atoms with Crippen LogP contribution in [-0.2, 0) is 25.7 Å². The summed E-state index contributed by atoms with van der Waals surface area (Å²) in [6.45, 7) is 4.08. The van der Waals surface area contributed by atoms with Crippen molar-refractivity contribution >= 4 is 11.4 Å². The van der Waals surface area contributed by atoms with Gasteiger partial charge in [0.05, 0.1) is 28.8 Å². The summed E-state index contributed by atoms with van der Waals surface area (Å²) in [4.78, 5) is 12.9. The lowest BCUT2D eigenvalue weighted by Gasteiger charge is -2.11. The second-order valence-electron chi connectivity index (χ2n) is 15.0. The number of unbranched alkanes of at least 4 members (excludes halogenated alkanes) is 6. The van der Waals surface area contributed by atoms with Crippen LogP contribution in [-0.4, -0.2) is 5.78 Å².